The van der Waals surface area contributed by atoms with Crippen LogP contribution >= 0.6 is 0 Å². The summed E-state index contributed by atoms with van der Waals surface area (Å²) >= 11 is 0. The van der Waals surface area contributed by atoms with E-state index in [4.69, 9.17) is 4.74 Å². The van der Waals surface area contributed by atoms with Crippen LogP contribution in [-0.4, -0.2) is 47.3 Å². The fourth-order valence-electron chi connectivity index (χ4n) is 3.88. The number of anilines is 1. The number of likely N-dealkylation sites (tertiary alicyclic amines) is 1. The van der Waals surface area contributed by atoms with Crippen molar-refractivity contribution in [3.63, 3.8) is 0 Å². The third-order valence-electron chi connectivity index (χ3n) is 5.90. The van der Waals surface area contributed by atoms with E-state index in [1.807, 2.05) is 49.5 Å². The number of amides is 1. The van der Waals surface area contributed by atoms with E-state index in [9.17, 15) is 13.2 Å². The Morgan fingerprint density at radius 2 is 1.78 bits per heavy atom. The van der Waals surface area contributed by atoms with Crippen LogP contribution < -0.4 is 9.46 Å². The van der Waals surface area contributed by atoms with Crippen LogP contribution in [-0.2, 0) is 16.6 Å². The zero-order valence-electron chi connectivity index (χ0n) is 19.6. The summed E-state index contributed by atoms with van der Waals surface area (Å²) in [5, 5.41) is 8.33. The molecule has 36 heavy (non-hydrogen) atoms. The molecule has 0 spiro atoms. The maximum absolute atomic E-state index is 12.8. The third kappa shape index (κ3) is 5.23. The minimum absolute atomic E-state index is 0.0485. The lowest BCUT2D eigenvalue weighted by Crippen LogP contribution is -2.50. The summed E-state index contributed by atoms with van der Waals surface area (Å²) < 4.78 is 35.2. The molecule has 5 rings (SSSR count). The smallest absolute Gasteiger partial charge is 0.261 e. The van der Waals surface area contributed by atoms with Crippen molar-refractivity contribution in [2.75, 3.05) is 17.8 Å². The summed E-state index contributed by atoms with van der Waals surface area (Å²) in [5.74, 6) is 0.647. The van der Waals surface area contributed by atoms with Gasteiger partial charge in [-0.05, 0) is 61.0 Å². The number of nitrogens with zero attached hydrogens (tertiary/aromatic N) is 4. The predicted molar refractivity (Wildman–Crippen MR) is 134 cm³/mol. The third-order valence-corrected chi connectivity index (χ3v) is 7.27. The topological polar surface area (TPSA) is 106 Å². The van der Waals surface area contributed by atoms with E-state index >= 15 is 0 Å². The van der Waals surface area contributed by atoms with Gasteiger partial charge in [0.2, 0.25) is 0 Å². The largest absolute Gasteiger partial charge is 0.487 e. The normalized spacial score (nSPS) is 13.8. The molecule has 4 aromatic rings. The van der Waals surface area contributed by atoms with E-state index in [1.165, 1.54) is 0 Å². The molecule has 1 N–H and O–H groups in total. The molecule has 0 atom stereocenters. The van der Waals surface area contributed by atoms with Crippen molar-refractivity contribution in [2.45, 2.75) is 24.5 Å². The fourth-order valence-corrected chi connectivity index (χ4v) is 5.04. The molecule has 2 heterocycles. The second kappa shape index (κ2) is 9.82. The quantitative estimate of drug-likeness (QED) is 0.393. The van der Waals surface area contributed by atoms with Crippen molar-refractivity contribution in [1.29, 1.82) is 0 Å². The number of benzene rings is 3. The summed E-state index contributed by atoms with van der Waals surface area (Å²) in [6.45, 7) is 3.19. The summed E-state index contributed by atoms with van der Waals surface area (Å²) in [7, 11) is -3.70. The van der Waals surface area contributed by atoms with E-state index in [2.05, 4.69) is 15.0 Å². The van der Waals surface area contributed by atoms with Gasteiger partial charge in [0.05, 0.1) is 17.1 Å². The van der Waals surface area contributed by atoms with E-state index in [1.54, 1.807) is 52.0 Å². The molecule has 0 aliphatic carbocycles. The van der Waals surface area contributed by atoms with Crippen molar-refractivity contribution in [1.82, 2.24) is 19.9 Å². The van der Waals surface area contributed by atoms with Gasteiger partial charge in [-0.15, -0.1) is 5.10 Å². The number of ether oxygens (including phenoxy) is 1. The van der Waals surface area contributed by atoms with Crippen LogP contribution in [0.3, 0.4) is 0 Å². The molecule has 3 aromatic carbocycles. The van der Waals surface area contributed by atoms with Gasteiger partial charge >= 0.3 is 0 Å². The molecule has 1 fully saturated rings. The number of rotatable bonds is 8. The van der Waals surface area contributed by atoms with E-state index in [-0.39, 0.29) is 16.8 Å². The maximum atomic E-state index is 12.8. The minimum Gasteiger partial charge on any atom is -0.487 e. The van der Waals surface area contributed by atoms with Gasteiger partial charge in [-0.25, -0.2) is 13.1 Å². The van der Waals surface area contributed by atoms with Gasteiger partial charge in [0, 0.05) is 24.3 Å². The number of aryl methyl sites for hydroxylation is 1. The lowest BCUT2D eigenvalue weighted by atomic mass is 10.1. The highest BCUT2D eigenvalue weighted by Gasteiger charge is 2.33. The Morgan fingerprint density at radius 3 is 2.50 bits per heavy atom. The monoisotopic (exact) mass is 503 g/mol. The van der Waals surface area contributed by atoms with Gasteiger partial charge in [0.1, 0.15) is 18.1 Å². The van der Waals surface area contributed by atoms with Gasteiger partial charge < -0.3 is 9.64 Å². The standard InChI is InChI=1S/C26H25N5O4S/c1-19-6-5-9-25(14-19)36(33,34)28-21-12-10-20(11-13-21)26(32)30-16-23(17-30)31-15-22(27-29-31)18-35-24-7-3-2-4-8-24/h2-15,23,28H,16-18H2,1H3. The molecule has 1 aliphatic rings. The zero-order valence-corrected chi connectivity index (χ0v) is 20.4. The van der Waals surface area contributed by atoms with Gasteiger partial charge in [0.15, 0.2) is 0 Å². The number of hydrogen-bond acceptors (Lipinski definition) is 6. The van der Waals surface area contributed by atoms with Gasteiger partial charge in [-0.3, -0.25) is 9.52 Å². The Morgan fingerprint density at radius 1 is 1.03 bits per heavy atom. The molecule has 1 aromatic heterocycles. The molecule has 9 nitrogen and oxygen atoms in total. The number of carbonyl (C=O) groups excluding carboxylic acids is 1. The summed E-state index contributed by atoms with van der Waals surface area (Å²) in [4.78, 5) is 14.8. The molecule has 0 unspecified atom stereocenters. The molecular formula is C26H25N5O4S. The first-order valence-electron chi connectivity index (χ1n) is 11.4. The highest BCUT2D eigenvalue weighted by atomic mass is 32.2. The van der Waals surface area contributed by atoms with Crippen molar-refractivity contribution >= 4 is 21.6 Å². The number of aromatic nitrogens is 3. The minimum atomic E-state index is -3.70. The molecule has 184 valence electrons. The van der Waals surface area contributed by atoms with E-state index < -0.39 is 10.0 Å². The highest BCUT2D eigenvalue weighted by Crippen LogP contribution is 2.24. The van der Waals surface area contributed by atoms with Crippen LogP contribution in [0.2, 0.25) is 0 Å². The zero-order chi connectivity index (χ0) is 25.1. The lowest BCUT2D eigenvalue weighted by molar-refractivity contribution is 0.0498. The lowest BCUT2D eigenvalue weighted by Gasteiger charge is -2.38. The van der Waals surface area contributed by atoms with Crippen molar-refractivity contribution in [3.05, 3.63) is 102 Å². The Kier molecular flexibility index (Phi) is 6.43. The van der Waals surface area contributed by atoms with Gasteiger partial charge in [-0.2, -0.15) is 0 Å². The Labute approximate surface area is 209 Å². The highest BCUT2D eigenvalue weighted by molar-refractivity contribution is 7.92. The molecular weight excluding hydrogens is 478 g/mol. The van der Waals surface area contributed by atoms with Gasteiger partial charge in [-0.1, -0.05) is 35.5 Å². The average molecular weight is 504 g/mol. The predicted octanol–water partition coefficient (Wildman–Crippen LogP) is 3.66. The number of nitrogens with one attached hydrogen (secondary N) is 1. The Bertz CT molecular complexity index is 1460. The second-order valence-corrected chi connectivity index (χ2v) is 10.3. The molecule has 0 radical (unpaired) electrons. The fraction of sp³-hybridized carbons (Fsp3) is 0.192. The summed E-state index contributed by atoms with van der Waals surface area (Å²) in [5.41, 5.74) is 2.45. The van der Waals surface area contributed by atoms with Crippen LogP contribution in [0.1, 0.15) is 27.7 Å². The van der Waals surface area contributed by atoms with Gasteiger partial charge in [0.25, 0.3) is 15.9 Å². The molecule has 1 aliphatic heterocycles. The molecule has 0 saturated carbocycles. The molecule has 0 bridgehead atoms. The first kappa shape index (κ1) is 23.6. The summed E-state index contributed by atoms with van der Waals surface area (Å²) in [6, 6.07) is 22.7. The van der Waals surface area contributed by atoms with Crippen LogP contribution in [0, 0.1) is 6.92 Å². The number of para-hydroxylation sites is 1. The van der Waals surface area contributed by atoms with Crippen LogP contribution in [0.5, 0.6) is 5.75 Å². The molecule has 1 amide bonds. The maximum Gasteiger partial charge on any atom is 0.261 e. The van der Waals surface area contributed by atoms with E-state index in [0.717, 1.165) is 11.3 Å². The number of sulfonamides is 1. The Hall–Kier alpha value is -4.18. The van der Waals surface area contributed by atoms with Crippen LogP contribution in [0.15, 0.2) is 90.0 Å². The molecule has 10 heteroatoms. The van der Waals surface area contributed by atoms with E-state index in [0.29, 0.717) is 36.6 Å². The van der Waals surface area contributed by atoms with Crippen molar-refractivity contribution < 1.29 is 17.9 Å². The SMILES string of the molecule is Cc1cccc(S(=O)(=O)Nc2ccc(C(=O)N3CC(n4cc(COc5ccccc5)nn4)C3)cc2)c1. The van der Waals surface area contributed by atoms with Crippen LogP contribution in [0.4, 0.5) is 5.69 Å². The first-order chi connectivity index (χ1) is 17.4. The average Bonchev–Trinajstić information content (AvgIpc) is 3.31. The number of carbonyl (C=O) groups is 1. The Balaban J connectivity index is 1.14. The van der Waals surface area contributed by atoms with Crippen molar-refractivity contribution in [2.24, 2.45) is 0 Å². The number of hydrogen-bond donors (Lipinski definition) is 1. The molecule has 1 saturated heterocycles. The van der Waals surface area contributed by atoms with Crippen LogP contribution in [0.25, 0.3) is 0 Å². The first-order valence-corrected chi connectivity index (χ1v) is 12.9. The summed E-state index contributed by atoms with van der Waals surface area (Å²) in [6.07, 6.45) is 1.84. The second-order valence-electron chi connectivity index (χ2n) is 8.65. The van der Waals surface area contributed by atoms with Crippen molar-refractivity contribution in [3.8, 4) is 5.75 Å².